The van der Waals surface area contributed by atoms with E-state index in [2.05, 4.69) is 113 Å². The summed E-state index contributed by atoms with van der Waals surface area (Å²) in [5.74, 6) is 0. The fraction of sp³-hybridized carbons (Fsp3) is 0.353. The normalized spacial score (nSPS) is 25.6. The summed E-state index contributed by atoms with van der Waals surface area (Å²) in [4.78, 5) is 0. The largest absolute Gasteiger partial charge is 0.315 e. The Hall–Kier alpha value is -2.94. The van der Waals surface area contributed by atoms with E-state index in [1.807, 2.05) is 0 Å². The molecule has 0 spiro atoms. The molecule has 0 fully saturated rings. The van der Waals surface area contributed by atoms with Gasteiger partial charge in [-0.25, -0.2) is 0 Å². The van der Waals surface area contributed by atoms with Crippen LogP contribution in [-0.4, -0.2) is 0 Å². The van der Waals surface area contributed by atoms with Crippen LogP contribution in [0.25, 0.3) is 0 Å². The molecule has 4 N–H and O–H groups in total. The summed E-state index contributed by atoms with van der Waals surface area (Å²) in [6.45, 7) is 8.72. The molecule has 2 aromatic carbocycles. The van der Waals surface area contributed by atoms with E-state index in [1.165, 1.54) is 48.0 Å². The molecule has 0 saturated carbocycles. The lowest BCUT2D eigenvalue weighted by Crippen LogP contribution is -2.38. The second-order valence-electron chi connectivity index (χ2n) is 10.6. The summed E-state index contributed by atoms with van der Waals surface area (Å²) in [6, 6.07) is 17.6. The van der Waals surface area contributed by atoms with E-state index < -0.39 is 11.1 Å². The van der Waals surface area contributed by atoms with Crippen LogP contribution in [0.4, 0.5) is 0 Å². The van der Waals surface area contributed by atoms with Gasteiger partial charge in [-0.1, -0.05) is 112 Å². The van der Waals surface area contributed by atoms with Gasteiger partial charge in [0.05, 0.1) is 11.1 Å². The molecular formula is C34H42N2. The van der Waals surface area contributed by atoms with Gasteiger partial charge in [0.1, 0.15) is 0 Å². The van der Waals surface area contributed by atoms with Crippen LogP contribution in [0.3, 0.4) is 0 Å². The first-order valence-corrected chi connectivity index (χ1v) is 13.6. The van der Waals surface area contributed by atoms with Crippen LogP contribution < -0.4 is 11.5 Å². The van der Waals surface area contributed by atoms with Crippen molar-refractivity contribution in [2.24, 2.45) is 11.5 Å². The van der Waals surface area contributed by atoms with Crippen LogP contribution >= 0.6 is 0 Å². The van der Waals surface area contributed by atoms with Crippen molar-refractivity contribution < 1.29 is 0 Å². The Morgan fingerprint density at radius 2 is 0.944 bits per heavy atom. The molecule has 0 aromatic heterocycles. The third-order valence-electron chi connectivity index (χ3n) is 7.94. The van der Waals surface area contributed by atoms with Gasteiger partial charge in [0.2, 0.25) is 0 Å². The second-order valence-corrected chi connectivity index (χ2v) is 10.6. The van der Waals surface area contributed by atoms with Crippen molar-refractivity contribution in [3.63, 3.8) is 0 Å². The van der Waals surface area contributed by atoms with Crippen LogP contribution in [0.5, 0.6) is 0 Å². The molecule has 0 amide bonds. The van der Waals surface area contributed by atoms with Gasteiger partial charge in [0, 0.05) is 0 Å². The summed E-state index contributed by atoms with van der Waals surface area (Å²) in [6.07, 6.45) is 20.2. The Labute approximate surface area is 218 Å². The molecule has 4 rings (SSSR count). The minimum absolute atomic E-state index is 0.582. The molecule has 36 heavy (non-hydrogen) atoms. The van der Waals surface area contributed by atoms with Crippen molar-refractivity contribution in [1.29, 1.82) is 0 Å². The highest BCUT2D eigenvalue weighted by Crippen LogP contribution is 2.38. The van der Waals surface area contributed by atoms with Crippen molar-refractivity contribution in [3.05, 3.63) is 130 Å². The van der Waals surface area contributed by atoms with Gasteiger partial charge < -0.3 is 11.5 Å². The monoisotopic (exact) mass is 478 g/mol. The van der Waals surface area contributed by atoms with Gasteiger partial charge >= 0.3 is 0 Å². The van der Waals surface area contributed by atoms with Gasteiger partial charge in [0.15, 0.2) is 0 Å². The molecular weight excluding hydrogens is 436 g/mol. The SMILES string of the molecule is CCCCc1ccc(C2(N)C=CC(=C3C=CC(N)(c4ccc(CCCC)cc4)C(C)=C3)C=C2C)cc1. The highest BCUT2D eigenvalue weighted by atomic mass is 14.7. The number of unbranched alkanes of at least 4 members (excludes halogenated alkanes) is 2. The lowest BCUT2D eigenvalue weighted by atomic mass is 9.76. The standard InChI is InChI=1S/C34H42N2/c1-5-7-9-27-11-15-31(16-12-27)33(35)21-19-29(23-25(33)3)30-20-22-34(36,26(4)24-30)32-17-13-28(14-18-32)10-8-6-2/h11-24H,5-10,35-36H2,1-4H3. The van der Waals surface area contributed by atoms with E-state index in [0.717, 1.165) is 35.1 Å². The van der Waals surface area contributed by atoms with Crippen molar-refractivity contribution in [1.82, 2.24) is 0 Å². The number of rotatable bonds is 8. The number of aryl methyl sites for hydroxylation is 2. The number of benzene rings is 2. The van der Waals surface area contributed by atoms with Crippen molar-refractivity contribution >= 4 is 0 Å². The second kappa shape index (κ2) is 11.0. The Morgan fingerprint density at radius 3 is 1.25 bits per heavy atom. The van der Waals surface area contributed by atoms with Gasteiger partial charge in [-0.15, -0.1) is 0 Å². The van der Waals surface area contributed by atoms with Gasteiger partial charge in [-0.2, -0.15) is 0 Å². The van der Waals surface area contributed by atoms with E-state index in [-0.39, 0.29) is 0 Å². The number of allylic oxidation sites excluding steroid dienone is 6. The zero-order chi connectivity index (χ0) is 25.8. The minimum atomic E-state index is -0.582. The predicted molar refractivity (Wildman–Crippen MR) is 155 cm³/mol. The zero-order valence-electron chi connectivity index (χ0n) is 22.5. The first-order valence-electron chi connectivity index (χ1n) is 13.6. The molecule has 2 heteroatoms. The van der Waals surface area contributed by atoms with E-state index in [1.54, 1.807) is 0 Å². The Bertz CT molecular complexity index is 1120. The molecule has 2 aliphatic carbocycles. The summed E-state index contributed by atoms with van der Waals surface area (Å²) >= 11 is 0. The van der Waals surface area contributed by atoms with E-state index in [4.69, 9.17) is 11.5 Å². The lowest BCUT2D eigenvalue weighted by Gasteiger charge is -2.33. The predicted octanol–water partition coefficient (Wildman–Crippen LogP) is 7.71. The van der Waals surface area contributed by atoms with E-state index in [0.29, 0.717) is 0 Å². The fourth-order valence-corrected chi connectivity index (χ4v) is 5.17. The van der Waals surface area contributed by atoms with Crippen LogP contribution in [0.2, 0.25) is 0 Å². The molecule has 0 heterocycles. The van der Waals surface area contributed by atoms with Crippen molar-refractivity contribution in [2.75, 3.05) is 0 Å². The molecule has 0 aliphatic heterocycles. The molecule has 2 nitrogen and oxygen atoms in total. The average Bonchev–Trinajstić information content (AvgIpc) is 2.90. The Kier molecular flexibility index (Phi) is 7.97. The maximum Gasteiger partial charge on any atom is 0.0815 e. The Balaban J connectivity index is 1.55. The first-order chi connectivity index (χ1) is 17.3. The summed E-state index contributed by atoms with van der Waals surface area (Å²) in [7, 11) is 0. The molecule has 188 valence electrons. The Morgan fingerprint density at radius 1 is 0.583 bits per heavy atom. The smallest absolute Gasteiger partial charge is 0.0815 e. The quantitative estimate of drug-likeness (QED) is 0.408. The van der Waals surface area contributed by atoms with Gasteiger partial charge in [0.25, 0.3) is 0 Å². The first kappa shape index (κ1) is 26.1. The van der Waals surface area contributed by atoms with Gasteiger partial charge in [-0.3, -0.25) is 0 Å². The molecule has 2 unspecified atom stereocenters. The number of hydrogen-bond donors (Lipinski definition) is 2. The maximum absolute atomic E-state index is 6.92. The minimum Gasteiger partial charge on any atom is -0.315 e. The molecule has 0 saturated heterocycles. The molecule has 2 aliphatic rings. The molecule has 0 radical (unpaired) electrons. The summed E-state index contributed by atoms with van der Waals surface area (Å²) in [5, 5.41) is 0. The summed E-state index contributed by atoms with van der Waals surface area (Å²) < 4.78 is 0. The topological polar surface area (TPSA) is 52.0 Å². The lowest BCUT2D eigenvalue weighted by molar-refractivity contribution is 0.652. The third-order valence-corrected chi connectivity index (χ3v) is 7.94. The van der Waals surface area contributed by atoms with E-state index in [9.17, 15) is 0 Å². The van der Waals surface area contributed by atoms with Crippen LogP contribution in [0, 0.1) is 0 Å². The van der Waals surface area contributed by atoms with Crippen molar-refractivity contribution in [2.45, 2.75) is 77.3 Å². The zero-order valence-corrected chi connectivity index (χ0v) is 22.5. The van der Waals surface area contributed by atoms with Gasteiger partial charge in [-0.05, 0) is 84.1 Å². The highest BCUT2D eigenvalue weighted by Gasteiger charge is 2.31. The maximum atomic E-state index is 6.92. The molecule has 2 atom stereocenters. The van der Waals surface area contributed by atoms with Crippen molar-refractivity contribution in [3.8, 4) is 0 Å². The fourth-order valence-electron chi connectivity index (χ4n) is 5.17. The highest BCUT2D eigenvalue weighted by molar-refractivity contribution is 5.59. The molecule has 0 bridgehead atoms. The molecule has 2 aromatic rings. The number of hydrogen-bond acceptors (Lipinski definition) is 2. The van der Waals surface area contributed by atoms with Crippen LogP contribution in [-0.2, 0) is 23.9 Å². The van der Waals surface area contributed by atoms with Crippen LogP contribution in [0.15, 0.2) is 107 Å². The third kappa shape index (κ3) is 5.26. The van der Waals surface area contributed by atoms with E-state index >= 15 is 0 Å². The average molecular weight is 479 g/mol. The number of nitrogens with two attached hydrogens (primary N) is 2. The van der Waals surface area contributed by atoms with Crippen LogP contribution in [0.1, 0.15) is 75.6 Å². The summed E-state index contributed by atoms with van der Waals surface area (Å²) in [5.41, 5.74) is 22.3.